The molecule has 4 aromatic heterocycles. The number of hydrogen-bond acceptors (Lipinski definition) is 4. The number of nitrogens with one attached hydrogen (secondary N) is 2. The summed E-state index contributed by atoms with van der Waals surface area (Å²) in [5.74, 6) is 1.25. The molecule has 0 saturated carbocycles. The number of fused-ring (bicyclic) bond motifs is 1. The number of nitrogens with zero attached hydrogens (tertiary/aromatic N) is 4. The van der Waals surface area contributed by atoms with E-state index in [4.69, 9.17) is 4.42 Å². The van der Waals surface area contributed by atoms with Gasteiger partial charge in [-0.2, -0.15) is 4.98 Å². The Bertz CT molecular complexity index is 1050. The van der Waals surface area contributed by atoms with Crippen LogP contribution in [0.25, 0.3) is 39.8 Å². The van der Waals surface area contributed by atoms with Crippen molar-refractivity contribution < 1.29 is 4.42 Å². The summed E-state index contributed by atoms with van der Waals surface area (Å²) >= 11 is 0. The predicted octanol–water partition coefficient (Wildman–Crippen LogP) is 3.37. The minimum absolute atomic E-state index is 0.548. The number of H-pyrrole nitrogens is 2. The number of aromatic nitrogens is 6. The number of hydrogen-bond donors (Lipinski definition) is 2. The molecular weight excluding hydrogens is 304 g/mol. The fourth-order valence-corrected chi connectivity index (χ4v) is 2.68. The van der Waals surface area contributed by atoms with Crippen LogP contribution in [0.15, 0.2) is 66.1 Å². The topological polar surface area (TPSA) is 87.8 Å². The van der Waals surface area contributed by atoms with E-state index >= 15 is 0 Å². The predicted molar refractivity (Wildman–Crippen MR) is 88.1 cm³/mol. The highest BCUT2D eigenvalue weighted by Crippen LogP contribution is 2.26. The maximum Gasteiger partial charge on any atom is 0.306 e. The van der Waals surface area contributed by atoms with Gasteiger partial charge in [0.25, 0.3) is 0 Å². The first-order chi connectivity index (χ1) is 11.9. The maximum absolute atomic E-state index is 5.76. The van der Waals surface area contributed by atoms with Gasteiger partial charge in [-0.15, -0.1) is 0 Å². The molecule has 0 bridgehead atoms. The number of benzene rings is 1. The molecule has 7 nitrogen and oxygen atoms in total. The van der Waals surface area contributed by atoms with Crippen molar-refractivity contribution in [2.24, 2.45) is 0 Å². The SMILES string of the molecule is c1ncc(-c2ccc(-c3cn4cc(-c5cnc[nH]5)oc4n3)cc2)[nH]1. The Morgan fingerprint density at radius 2 is 1.54 bits per heavy atom. The molecule has 24 heavy (non-hydrogen) atoms. The fraction of sp³-hybridized carbons (Fsp3) is 0. The van der Waals surface area contributed by atoms with E-state index in [-0.39, 0.29) is 0 Å². The average Bonchev–Trinajstić information content (AvgIpc) is 3.37. The Balaban J connectivity index is 1.49. The third-order valence-corrected chi connectivity index (χ3v) is 3.91. The van der Waals surface area contributed by atoms with Crippen LogP contribution in [0.1, 0.15) is 0 Å². The summed E-state index contributed by atoms with van der Waals surface area (Å²) in [4.78, 5) is 18.7. The standard InChI is InChI=1S/C17H12N6O/c1-3-12(4-2-11(1)13-5-18-9-20-13)15-7-23-8-16(24-17(23)22-15)14-6-19-10-21-14/h1-10H,(H,18,20)(H,19,21). The molecule has 1 aromatic carbocycles. The monoisotopic (exact) mass is 316 g/mol. The minimum Gasteiger partial charge on any atom is -0.421 e. The van der Waals surface area contributed by atoms with Crippen LogP contribution in [-0.4, -0.2) is 29.3 Å². The first-order valence-electron chi connectivity index (χ1n) is 7.43. The van der Waals surface area contributed by atoms with Crippen molar-refractivity contribution in [3.05, 3.63) is 61.7 Å². The van der Waals surface area contributed by atoms with E-state index in [2.05, 4.69) is 24.9 Å². The van der Waals surface area contributed by atoms with Gasteiger partial charge < -0.3 is 14.4 Å². The van der Waals surface area contributed by atoms with Crippen LogP contribution in [0.4, 0.5) is 0 Å². The molecule has 0 atom stereocenters. The minimum atomic E-state index is 0.548. The van der Waals surface area contributed by atoms with Gasteiger partial charge in [0.05, 0.1) is 42.6 Å². The molecule has 116 valence electrons. The van der Waals surface area contributed by atoms with Crippen LogP contribution in [0.3, 0.4) is 0 Å². The Hall–Kier alpha value is -3.61. The summed E-state index contributed by atoms with van der Waals surface area (Å²) in [5.41, 5.74) is 4.79. The molecule has 0 radical (unpaired) electrons. The zero-order valence-electron chi connectivity index (χ0n) is 12.5. The summed E-state index contributed by atoms with van der Waals surface area (Å²) in [7, 11) is 0. The van der Waals surface area contributed by atoms with E-state index in [0.717, 1.165) is 28.2 Å². The fourth-order valence-electron chi connectivity index (χ4n) is 2.68. The molecule has 5 aromatic rings. The van der Waals surface area contributed by atoms with Crippen molar-refractivity contribution in [3.8, 4) is 34.0 Å². The Morgan fingerprint density at radius 3 is 2.21 bits per heavy atom. The van der Waals surface area contributed by atoms with Crippen LogP contribution in [-0.2, 0) is 0 Å². The molecule has 2 N–H and O–H groups in total. The molecule has 0 fully saturated rings. The highest BCUT2D eigenvalue weighted by atomic mass is 16.4. The van der Waals surface area contributed by atoms with E-state index in [1.165, 1.54) is 0 Å². The molecular formula is C17H12N6O. The summed E-state index contributed by atoms with van der Waals surface area (Å²) in [6.07, 6.45) is 10.6. The summed E-state index contributed by atoms with van der Waals surface area (Å²) in [6.45, 7) is 0. The van der Waals surface area contributed by atoms with Crippen LogP contribution < -0.4 is 0 Å². The Labute approximate surface area is 136 Å². The zero-order chi connectivity index (χ0) is 15.9. The van der Waals surface area contributed by atoms with Crippen molar-refractivity contribution in [2.75, 3.05) is 0 Å². The third-order valence-electron chi connectivity index (χ3n) is 3.91. The summed E-state index contributed by atoms with van der Waals surface area (Å²) in [5, 5.41) is 0. The summed E-state index contributed by atoms with van der Waals surface area (Å²) < 4.78 is 7.63. The number of aromatic amines is 2. The van der Waals surface area contributed by atoms with E-state index in [1.807, 2.05) is 41.1 Å². The van der Waals surface area contributed by atoms with Gasteiger partial charge in [0.15, 0.2) is 5.76 Å². The van der Waals surface area contributed by atoms with E-state index < -0.39 is 0 Å². The van der Waals surface area contributed by atoms with Gasteiger partial charge in [-0.3, -0.25) is 4.40 Å². The van der Waals surface area contributed by atoms with Gasteiger partial charge >= 0.3 is 5.84 Å². The van der Waals surface area contributed by atoms with E-state index in [1.54, 1.807) is 25.0 Å². The first kappa shape index (κ1) is 12.9. The second kappa shape index (κ2) is 4.95. The highest BCUT2D eigenvalue weighted by molar-refractivity contribution is 5.67. The van der Waals surface area contributed by atoms with Crippen molar-refractivity contribution in [2.45, 2.75) is 0 Å². The van der Waals surface area contributed by atoms with Gasteiger partial charge in [-0.25, -0.2) is 9.97 Å². The molecule has 4 heterocycles. The average molecular weight is 316 g/mol. The molecule has 0 saturated heterocycles. The van der Waals surface area contributed by atoms with Gasteiger partial charge in [0.2, 0.25) is 0 Å². The van der Waals surface area contributed by atoms with Crippen molar-refractivity contribution in [3.63, 3.8) is 0 Å². The lowest BCUT2D eigenvalue weighted by molar-refractivity contribution is 0.608. The molecule has 5 rings (SSSR count). The van der Waals surface area contributed by atoms with Crippen LogP contribution in [0.5, 0.6) is 0 Å². The lowest BCUT2D eigenvalue weighted by atomic mass is 10.1. The van der Waals surface area contributed by atoms with Gasteiger partial charge in [0.1, 0.15) is 5.69 Å². The van der Waals surface area contributed by atoms with Crippen molar-refractivity contribution in [1.29, 1.82) is 0 Å². The second-order valence-corrected chi connectivity index (χ2v) is 5.42. The smallest absolute Gasteiger partial charge is 0.306 e. The molecule has 0 unspecified atom stereocenters. The number of imidazole rings is 3. The quantitative estimate of drug-likeness (QED) is 0.534. The van der Waals surface area contributed by atoms with E-state index in [9.17, 15) is 0 Å². The maximum atomic E-state index is 5.76. The van der Waals surface area contributed by atoms with Crippen molar-refractivity contribution >= 4 is 5.84 Å². The molecule has 0 aliphatic heterocycles. The highest BCUT2D eigenvalue weighted by Gasteiger charge is 2.12. The lowest BCUT2D eigenvalue weighted by Gasteiger charge is -1.99. The zero-order valence-corrected chi connectivity index (χ0v) is 12.5. The number of rotatable bonds is 3. The lowest BCUT2D eigenvalue weighted by Crippen LogP contribution is -1.80. The van der Waals surface area contributed by atoms with E-state index in [0.29, 0.717) is 11.6 Å². The normalized spacial score (nSPS) is 11.3. The van der Waals surface area contributed by atoms with Gasteiger partial charge in [-0.1, -0.05) is 24.3 Å². The molecule has 0 aliphatic carbocycles. The van der Waals surface area contributed by atoms with Crippen LogP contribution in [0, 0.1) is 0 Å². The van der Waals surface area contributed by atoms with Crippen molar-refractivity contribution in [1.82, 2.24) is 29.3 Å². The number of oxazole rings is 1. The Morgan fingerprint density at radius 1 is 0.833 bits per heavy atom. The molecule has 0 spiro atoms. The molecule has 0 amide bonds. The van der Waals surface area contributed by atoms with Crippen LogP contribution >= 0.6 is 0 Å². The van der Waals surface area contributed by atoms with Gasteiger partial charge in [-0.05, 0) is 5.56 Å². The first-order valence-corrected chi connectivity index (χ1v) is 7.43. The van der Waals surface area contributed by atoms with Gasteiger partial charge in [0, 0.05) is 11.8 Å². The Kier molecular flexibility index (Phi) is 2.66. The largest absolute Gasteiger partial charge is 0.421 e. The third kappa shape index (κ3) is 2.03. The molecule has 0 aliphatic rings. The van der Waals surface area contributed by atoms with Crippen LogP contribution in [0.2, 0.25) is 0 Å². The molecule has 7 heteroatoms. The second-order valence-electron chi connectivity index (χ2n) is 5.42. The summed E-state index contributed by atoms with van der Waals surface area (Å²) in [6, 6.07) is 8.15.